The quantitative estimate of drug-likeness (QED) is 0.790. The second-order valence-corrected chi connectivity index (χ2v) is 6.14. The van der Waals surface area contributed by atoms with Gasteiger partial charge in [-0.15, -0.1) is 0 Å². The van der Waals surface area contributed by atoms with Gasteiger partial charge >= 0.3 is 0 Å². The first-order valence-electron chi connectivity index (χ1n) is 8.11. The number of fused-ring (bicyclic) bond motifs is 2. The summed E-state index contributed by atoms with van der Waals surface area (Å²) in [6.07, 6.45) is 1.41. The average Bonchev–Trinajstić information content (AvgIpc) is 2.87. The highest BCUT2D eigenvalue weighted by atomic mass is 19.1. The number of rotatable bonds is 2. The highest BCUT2D eigenvalue weighted by Crippen LogP contribution is 2.30. The minimum absolute atomic E-state index is 0.260. The molecule has 0 unspecified atom stereocenters. The highest BCUT2D eigenvalue weighted by Gasteiger charge is 2.38. The summed E-state index contributed by atoms with van der Waals surface area (Å²) in [7, 11) is 0. The van der Waals surface area contributed by atoms with Crippen molar-refractivity contribution in [3.05, 3.63) is 65.0 Å². The smallest absolute Gasteiger partial charge is 0.262 e. The molecule has 0 N–H and O–H groups in total. The zero-order chi connectivity index (χ0) is 17.6. The summed E-state index contributed by atoms with van der Waals surface area (Å²) in [5, 5.41) is 0. The first kappa shape index (κ1) is 15.5. The molecule has 0 fully saturated rings. The van der Waals surface area contributed by atoms with Crippen LogP contribution in [0.1, 0.15) is 32.7 Å². The van der Waals surface area contributed by atoms with Gasteiger partial charge in [-0.1, -0.05) is 24.3 Å². The molecule has 0 radical (unpaired) electrons. The summed E-state index contributed by atoms with van der Waals surface area (Å²) in [4.78, 5) is 39.8. The molecule has 0 aromatic heterocycles. The minimum atomic E-state index is -0.486. The first-order chi connectivity index (χ1) is 12.1. The van der Waals surface area contributed by atoms with Gasteiger partial charge in [0, 0.05) is 6.54 Å². The third-order valence-electron chi connectivity index (χ3n) is 4.64. The molecule has 0 aliphatic carbocycles. The molecular weight excluding hydrogens is 323 g/mol. The van der Waals surface area contributed by atoms with Crippen LogP contribution in [0.4, 0.5) is 10.1 Å². The summed E-state index contributed by atoms with van der Waals surface area (Å²) in [5.41, 5.74) is 1.62. The summed E-state index contributed by atoms with van der Waals surface area (Å²) >= 11 is 0. The fraction of sp³-hybridized carbons (Fsp3) is 0.211. The first-order valence-corrected chi connectivity index (χ1v) is 8.11. The van der Waals surface area contributed by atoms with E-state index in [9.17, 15) is 18.8 Å². The Bertz CT molecular complexity index is 874. The Hall–Kier alpha value is -3.02. The van der Waals surface area contributed by atoms with Crippen molar-refractivity contribution in [3.63, 3.8) is 0 Å². The summed E-state index contributed by atoms with van der Waals surface area (Å²) in [6.45, 7) is -0.0178. The van der Waals surface area contributed by atoms with Crippen molar-refractivity contribution in [2.24, 2.45) is 0 Å². The zero-order valence-corrected chi connectivity index (χ0v) is 13.4. The molecule has 4 rings (SSSR count). The number of hydrogen-bond acceptors (Lipinski definition) is 3. The number of para-hydroxylation sites is 1. The van der Waals surface area contributed by atoms with E-state index in [2.05, 4.69) is 0 Å². The molecule has 126 valence electrons. The molecule has 0 saturated carbocycles. The van der Waals surface area contributed by atoms with Crippen LogP contribution >= 0.6 is 0 Å². The number of hydrogen-bond donors (Lipinski definition) is 0. The monoisotopic (exact) mass is 338 g/mol. The van der Waals surface area contributed by atoms with Crippen LogP contribution in [0.2, 0.25) is 0 Å². The Morgan fingerprint density at radius 1 is 1.00 bits per heavy atom. The van der Waals surface area contributed by atoms with E-state index < -0.39 is 23.5 Å². The van der Waals surface area contributed by atoms with Crippen molar-refractivity contribution in [1.29, 1.82) is 0 Å². The van der Waals surface area contributed by atoms with Gasteiger partial charge in [0.2, 0.25) is 5.91 Å². The number of nitrogens with zero attached hydrogens (tertiary/aromatic N) is 2. The van der Waals surface area contributed by atoms with Crippen LogP contribution in [-0.2, 0) is 11.2 Å². The summed E-state index contributed by atoms with van der Waals surface area (Å²) < 4.78 is 14.2. The number of benzene rings is 2. The summed E-state index contributed by atoms with van der Waals surface area (Å²) in [5.74, 6) is -1.90. The maximum absolute atomic E-state index is 14.2. The van der Waals surface area contributed by atoms with Crippen LogP contribution in [-0.4, -0.2) is 35.7 Å². The van der Waals surface area contributed by atoms with Crippen LogP contribution < -0.4 is 4.90 Å². The van der Waals surface area contributed by atoms with Crippen LogP contribution in [0.3, 0.4) is 0 Å². The van der Waals surface area contributed by atoms with Gasteiger partial charge in [0.1, 0.15) is 12.4 Å². The lowest BCUT2D eigenvalue weighted by Crippen LogP contribution is -2.45. The maximum Gasteiger partial charge on any atom is 0.262 e. The van der Waals surface area contributed by atoms with Gasteiger partial charge in [0.05, 0.1) is 16.8 Å². The number of imide groups is 1. The zero-order valence-electron chi connectivity index (χ0n) is 13.4. The van der Waals surface area contributed by atoms with Crippen LogP contribution in [0.15, 0.2) is 42.5 Å². The fourth-order valence-electron chi connectivity index (χ4n) is 3.46. The molecule has 6 heteroatoms. The van der Waals surface area contributed by atoms with E-state index in [1.807, 2.05) is 0 Å². The third-order valence-corrected chi connectivity index (χ3v) is 4.64. The number of carbonyl (C=O) groups is 3. The third kappa shape index (κ3) is 2.41. The maximum atomic E-state index is 14.2. The molecule has 0 bridgehead atoms. The van der Waals surface area contributed by atoms with E-state index in [4.69, 9.17) is 0 Å². The molecule has 2 heterocycles. The van der Waals surface area contributed by atoms with E-state index in [-0.39, 0.29) is 12.2 Å². The number of aryl methyl sites for hydroxylation is 1. The Kier molecular flexibility index (Phi) is 3.60. The Morgan fingerprint density at radius 2 is 1.68 bits per heavy atom. The summed E-state index contributed by atoms with van der Waals surface area (Å²) in [6, 6.07) is 11.2. The second kappa shape index (κ2) is 5.81. The van der Waals surface area contributed by atoms with Crippen LogP contribution in [0.5, 0.6) is 0 Å². The molecule has 2 aromatic carbocycles. The fourth-order valence-corrected chi connectivity index (χ4v) is 3.46. The molecule has 2 aliphatic rings. The van der Waals surface area contributed by atoms with Crippen molar-refractivity contribution < 1.29 is 18.8 Å². The highest BCUT2D eigenvalue weighted by molar-refractivity contribution is 6.22. The van der Waals surface area contributed by atoms with E-state index in [0.717, 1.165) is 10.5 Å². The van der Waals surface area contributed by atoms with E-state index in [0.29, 0.717) is 30.5 Å². The normalized spacial score (nSPS) is 16.0. The molecule has 25 heavy (non-hydrogen) atoms. The number of anilines is 1. The molecule has 2 aliphatic heterocycles. The number of amides is 3. The van der Waals surface area contributed by atoms with Gasteiger partial charge in [-0.25, -0.2) is 4.39 Å². The molecule has 0 atom stereocenters. The van der Waals surface area contributed by atoms with Crippen molar-refractivity contribution in [3.8, 4) is 0 Å². The Labute approximate surface area is 143 Å². The van der Waals surface area contributed by atoms with E-state index in [1.54, 1.807) is 36.4 Å². The number of halogens is 1. The van der Waals surface area contributed by atoms with Crippen LogP contribution in [0, 0.1) is 5.82 Å². The predicted octanol–water partition coefficient (Wildman–Crippen LogP) is 2.40. The largest absolute Gasteiger partial charge is 0.308 e. The van der Waals surface area contributed by atoms with Crippen molar-refractivity contribution in [1.82, 2.24) is 4.90 Å². The second-order valence-electron chi connectivity index (χ2n) is 6.14. The standard InChI is InChI=1S/C19H15FN2O3/c20-15-9-3-5-12-6-4-10-21(17(12)15)16(23)11-22-18(24)13-7-1-2-8-14(13)19(22)25/h1-3,5,7-9H,4,6,10-11H2. The van der Waals surface area contributed by atoms with Gasteiger partial charge in [-0.2, -0.15) is 0 Å². The van der Waals surface area contributed by atoms with Crippen LogP contribution in [0.25, 0.3) is 0 Å². The Morgan fingerprint density at radius 3 is 2.36 bits per heavy atom. The Balaban J connectivity index is 1.61. The molecule has 2 aromatic rings. The molecule has 0 spiro atoms. The number of carbonyl (C=O) groups excluding carboxylic acids is 3. The van der Waals surface area contributed by atoms with Crippen molar-refractivity contribution >= 4 is 23.4 Å². The molecule has 0 saturated heterocycles. The van der Waals surface area contributed by atoms with E-state index >= 15 is 0 Å². The van der Waals surface area contributed by atoms with Gasteiger partial charge in [0.25, 0.3) is 11.8 Å². The van der Waals surface area contributed by atoms with Crippen molar-refractivity contribution in [2.75, 3.05) is 18.0 Å². The molecule has 5 nitrogen and oxygen atoms in total. The lowest BCUT2D eigenvalue weighted by molar-refractivity contribution is -0.119. The molecular formula is C19H15FN2O3. The van der Waals surface area contributed by atoms with E-state index in [1.165, 1.54) is 11.0 Å². The molecule has 3 amide bonds. The lowest BCUT2D eigenvalue weighted by atomic mass is 10.0. The van der Waals surface area contributed by atoms with Gasteiger partial charge in [0.15, 0.2) is 0 Å². The minimum Gasteiger partial charge on any atom is -0.308 e. The van der Waals surface area contributed by atoms with Gasteiger partial charge in [-0.3, -0.25) is 19.3 Å². The SMILES string of the molecule is O=C1c2ccccc2C(=O)N1CC(=O)N1CCCc2cccc(F)c21. The lowest BCUT2D eigenvalue weighted by Gasteiger charge is -2.30. The van der Waals surface area contributed by atoms with Crippen molar-refractivity contribution in [2.45, 2.75) is 12.8 Å². The van der Waals surface area contributed by atoms with Gasteiger partial charge < -0.3 is 4.90 Å². The van der Waals surface area contributed by atoms with Gasteiger partial charge in [-0.05, 0) is 36.6 Å². The predicted molar refractivity (Wildman–Crippen MR) is 88.9 cm³/mol. The average molecular weight is 338 g/mol. The topological polar surface area (TPSA) is 57.7 Å².